The lowest BCUT2D eigenvalue weighted by atomic mass is 10.1. The first-order chi connectivity index (χ1) is 9.81. The van der Waals surface area contributed by atoms with Crippen molar-refractivity contribution in [1.82, 2.24) is 9.36 Å². The molecule has 0 unspecified atom stereocenters. The fraction of sp³-hybridized carbons (Fsp3) is 0.385. The van der Waals surface area contributed by atoms with Crippen LogP contribution in [0.1, 0.15) is 23.6 Å². The van der Waals surface area contributed by atoms with Crippen molar-refractivity contribution in [2.24, 2.45) is 0 Å². The van der Waals surface area contributed by atoms with E-state index in [0.29, 0.717) is 5.13 Å². The molecule has 8 heteroatoms. The summed E-state index contributed by atoms with van der Waals surface area (Å²) < 4.78 is 42.5. The summed E-state index contributed by atoms with van der Waals surface area (Å²) in [6, 6.07) is 5.89. The van der Waals surface area contributed by atoms with Gasteiger partial charge in [0.25, 0.3) is 0 Å². The van der Waals surface area contributed by atoms with Gasteiger partial charge in [-0.2, -0.15) is 4.37 Å². The van der Waals surface area contributed by atoms with Gasteiger partial charge in [-0.1, -0.05) is 18.2 Å². The largest absolute Gasteiger partial charge is 0.353 e. The van der Waals surface area contributed by atoms with Crippen LogP contribution in [0.25, 0.3) is 0 Å². The lowest BCUT2D eigenvalue weighted by Crippen LogP contribution is -2.15. The van der Waals surface area contributed by atoms with Gasteiger partial charge in [0, 0.05) is 31.2 Å². The Hall–Kier alpha value is -1.54. The molecule has 1 aromatic carbocycles. The minimum absolute atomic E-state index is 0.167. The monoisotopic (exact) mass is 329 g/mol. The van der Waals surface area contributed by atoms with Gasteiger partial charge in [-0.05, 0) is 13.0 Å². The number of sulfone groups is 1. The van der Waals surface area contributed by atoms with Gasteiger partial charge in [0.15, 0.2) is 15.7 Å². The van der Waals surface area contributed by atoms with Crippen molar-refractivity contribution in [3.8, 4) is 0 Å². The van der Waals surface area contributed by atoms with Crippen LogP contribution in [0.15, 0.2) is 24.3 Å². The van der Waals surface area contributed by atoms with Gasteiger partial charge < -0.3 is 4.90 Å². The highest BCUT2D eigenvalue weighted by molar-refractivity contribution is 7.90. The number of nitrogens with zero attached hydrogens (tertiary/aromatic N) is 3. The maximum atomic E-state index is 13.7. The topological polar surface area (TPSA) is 63.2 Å². The second kappa shape index (κ2) is 6.07. The van der Waals surface area contributed by atoms with E-state index in [1.165, 1.54) is 25.1 Å². The Morgan fingerprint density at radius 1 is 1.33 bits per heavy atom. The Morgan fingerprint density at radius 2 is 2.00 bits per heavy atom. The molecule has 2 aromatic rings. The first-order valence-corrected chi connectivity index (χ1v) is 8.76. The number of anilines is 1. The molecule has 0 amide bonds. The van der Waals surface area contributed by atoms with Crippen molar-refractivity contribution in [1.29, 1.82) is 0 Å². The molecule has 21 heavy (non-hydrogen) atoms. The van der Waals surface area contributed by atoms with Gasteiger partial charge in [0.05, 0.1) is 5.25 Å². The summed E-state index contributed by atoms with van der Waals surface area (Å²) in [7, 11) is 0.0345. The second-order valence-corrected chi connectivity index (χ2v) is 7.91. The molecule has 0 aliphatic rings. The molecule has 0 N–H and O–H groups in total. The molecule has 0 fully saturated rings. The Labute approximate surface area is 127 Å². The normalized spacial score (nSPS) is 13.1. The van der Waals surface area contributed by atoms with Crippen LogP contribution in [0.2, 0.25) is 0 Å². The lowest BCUT2D eigenvalue weighted by molar-refractivity contribution is 0.572. The van der Waals surface area contributed by atoms with Crippen molar-refractivity contribution < 1.29 is 12.8 Å². The highest BCUT2D eigenvalue weighted by Gasteiger charge is 2.27. The predicted octanol–water partition coefficient (Wildman–Crippen LogP) is 2.42. The van der Waals surface area contributed by atoms with Crippen LogP contribution in [0, 0.1) is 5.82 Å². The van der Waals surface area contributed by atoms with Crippen molar-refractivity contribution in [2.75, 3.05) is 19.0 Å². The zero-order valence-electron chi connectivity index (χ0n) is 11.9. The molecule has 0 saturated carbocycles. The first kappa shape index (κ1) is 15.8. The standard InChI is InChI=1S/C13H16FN3O2S2/c1-9(10-6-4-5-7-11(10)14)21(18,19)8-12-15-13(17(2)3)20-16-12/h4-7,9H,8H2,1-3H3/t9-/m0/s1. The number of halogens is 1. The fourth-order valence-electron chi connectivity index (χ4n) is 1.79. The molecule has 0 aliphatic heterocycles. The van der Waals surface area contributed by atoms with Crippen LogP contribution in [-0.2, 0) is 15.6 Å². The van der Waals surface area contributed by atoms with E-state index in [9.17, 15) is 12.8 Å². The molecular formula is C13H16FN3O2S2. The molecule has 0 spiro atoms. The van der Waals surface area contributed by atoms with Gasteiger partial charge >= 0.3 is 0 Å². The summed E-state index contributed by atoms with van der Waals surface area (Å²) in [6.07, 6.45) is 0. The molecule has 0 bridgehead atoms. The quantitative estimate of drug-likeness (QED) is 0.843. The smallest absolute Gasteiger partial charge is 0.204 e. The summed E-state index contributed by atoms with van der Waals surface area (Å²) in [4.78, 5) is 5.91. The number of hydrogen-bond acceptors (Lipinski definition) is 6. The minimum atomic E-state index is -3.58. The predicted molar refractivity (Wildman–Crippen MR) is 81.7 cm³/mol. The molecular weight excluding hydrogens is 313 g/mol. The molecule has 5 nitrogen and oxygen atoms in total. The average molecular weight is 329 g/mol. The van der Waals surface area contributed by atoms with E-state index < -0.39 is 20.9 Å². The summed E-state index contributed by atoms with van der Waals surface area (Å²) in [5.41, 5.74) is 0.167. The van der Waals surface area contributed by atoms with E-state index >= 15 is 0 Å². The number of rotatable bonds is 5. The SMILES string of the molecule is C[C@@H](c1ccccc1F)S(=O)(=O)Cc1nsc(N(C)C)n1. The lowest BCUT2D eigenvalue weighted by Gasteiger charge is -2.13. The van der Waals surface area contributed by atoms with E-state index in [2.05, 4.69) is 9.36 Å². The molecule has 1 heterocycles. The van der Waals surface area contributed by atoms with Crippen LogP contribution in [0.5, 0.6) is 0 Å². The number of benzene rings is 1. The van der Waals surface area contributed by atoms with Crippen molar-refractivity contribution in [3.05, 3.63) is 41.5 Å². The molecule has 0 saturated heterocycles. The average Bonchev–Trinajstić information content (AvgIpc) is 2.86. The molecule has 114 valence electrons. The van der Waals surface area contributed by atoms with Gasteiger partial charge in [-0.25, -0.2) is 17.8 Å². The fourth-order valence-corrected chi connectivity index (χ4v) is 3.79. The second-order valence-electron chi connectivity index (χ2n) is 4.86. The van der Waals surface area contributed by atoms with Crippen molar-refractivity contribution in [2.45, 2.75) is 17.9 Å². The van der Waals surface area contributed by atoms with Crippen LogP contribution in [-0.4, -0.2) is 31.9 Å². The van der Waals surface area contributed by atoms with Crippen LogP contribution in [0.3, 0.4) is 0 Å². The van der Waals surface area contributed by atoms with E-state index in [-0.39, 0.29) is 17.1 Å². The Kier molecular flexibility index (Phi) is 4.58. The number of hydrogen-bond donors (Lipinski definition) is 0. The van der Waals surface area contributed by atoms with E-state index in [1.807, 2.05) is 0 Å². The maximum Gasteiger partial charge on any atom is 0.204 e. The third kappa shape index (κ3) is 3.56. The van der Waals surface area contributed by atoms with Crippen LogP contribution < -0.4 is 4.90 Å². The molecule has 2 rings (SSSR count). The van der Waals surface area contributed by atoms with Gasteiger partial charge in [-0.15, -0.1) is 0 Å². The van der Waals surface area contributed by atoms with Crippen molar-refractivity contribution >= 4 is 26.5 Å². The molecule has 1 aromatic heterocycles. The zero-order valence-corrected chi connectivity index (χ0v) is 13.6. The van der Waals surface area contributed by atoms with Gasteiger partial charge in [-0.3, -0.25) is 0 Å². The third-order valence-corrected chi connectivity index (χ3v) is 5.97. The van der Waals surface area contributed by atoms with E-state index in [0.717, 1.165) is 11.5 Å². The van der Waals surface area contributed by atoms with Crippen LogP contribution in [0.4, 0.5) is 9.52 Å². The Morgan fingerprint density at radius 3 is 2.57 bits per heavy atom. The Balaban J connectivity index is 2.23. The van der Waals surface area contributed by atoms with Gasteiger partial charge in [0.1, 0.15) is 11.6 Å². The minimum Gasteiger partial charge on any atom is -0.353 e. The van der Waals surface area contributed by atoms with Gasteiger partial charge in [0.2, 0.25) is 5.13 Å². The highest BCUT2D eigenvalue weighted by atomic mass is 32.2. The summed E-state index contributed by atoms with van der Waals surface area (Å²) >= 11 is 1.14. The number of aromatic nitrogens is 2. The highest BCUT2D eigenvalue weighted by Crippen LogP contribution is 2.27. The van der Waals surface area contributed by atoms with Crippen molar-refractivity contribution in [3.63, 3.8) is 0 Å². The van der Waals surface area contributed by atoms with E-state index in [4.69, 9.17) is 0 Å². The Bertz CT molecular complexity index is 729. The summed E-state index contributed by atoms with van der Waals surface area (Å²) in [5.74, 6) is -0.576. The van der Waals surface area contributed by atoms with E-state index in [1.54, 1.807) is 25.1 Å². The molecule has 0 radical (unpaired) electrons. The summed E-state index contributed by atoms with van der Waals surface area (Å²) in [5, 5.41) is -0.302. The first-order valence-electron chi connectivity index (χ1n) is 6.27. The molecule has 1 atom stereocenters. The van der Waals surface area contributed by atoms with Crippen LogP contribution >= 0.6 is 11.5 Å². The third-order valence-electron chi connectivity index (χ3n) is 3.05. The summed E-state index contributed by atoms with van der Waals surface area (Å²) in [6.45, 7) is 1.48. The molecule has 0 aliphatic carbocycles. The zero-order chi connectivity index (χ0) is 15.6. The maximum absolute atomic E-state index is 13.7.